The van der Waals surface area contributed by atoms with Crippen molar-refractivity contribution in [2.45, 2.75) is 25.2 Å². The lowest BCUT2D eigenvalue weighted by molar-refractivity contribution is -0.138. The summed E-state index contributed by atoms with van der Waals surface area (Å²) < 4.78 is 77.0. The average molecular weight is 532 g/mol. The van der Waals surface area contributed by atoms with Crippen LogP contribution in [0, 0.1) is 0 Å². The fourth-order valence-corrected chi connectivity index (χ4v) is 3.78. The number of amides is 4. The molecule has 0 atom stereocenters. The minimum Gasteiger partial charge on any atom is -0.336 e. The summed E-state index contributed by atoms with van der Waals surface area (Å²) in [6.07, 6.45) is -6.96. The molecule has 0 unspecified atom stereocenters. The summed E-state index contributed by atoms with van der Waals surface area (Å²) in [6.45, 7) is 2.68. The molecule has 0 bridgehead atoms. The summed E-state index contributed by atoms with van der Waals surface area (Å²) >= 11 is 0. The molecule has 0 spiro atoms. The van der Waals surface area contributed by atoms with Crippen molar-refractivity contribution in [3.63, 3.8) is 0 Å². The maximum atomic E-state index is 13.0. The van der Waals surface area contributed by atoms with Crippen molar-refractivity contribution in [1.29, 1.82) is 0 Å². The molecule has 1 heterocycles. The van der Waals surface area contributed by atoms with E-state index in [1.165, 1.54) is 17.0 Å². The monoisotopic (exact) mass is 531 g/mol. The number of hydrogen-bond donors (Lipinski definition) is 3. The molecule has 202 valence electrons. The van der Waals surface area contributed by atoms with Gasteiger partial charge in [-0.3, -0.25) is 0 Å². The largest absolute Gasteiger partial charge is 0.416 e. The number of alkyl halides is 6. The van der Waals surface area contributed by atoms with Crippen LogP contribution in [0.15, 0.2) is 48.5 Å². The van der Waals surface area contributed by atoms with E-state index in [0.717, 1.165) is 62.3 Å². The molecule has 13 heteroatoms. The molecule has 4 amide bonds. The van der Waals surface area contributed by atoms with E-state index in [1.807, 2.05) is 0 Å². The number of rotatable bonds is 8. The quantitative estimate of drug-likeness (QED) is 0.395. The van der Waals surface area contributed by atoms with E-state index in [-0.39, 0.29) is 31.0 Å². The first-order chi connectivity index (χ1) is 17.4. The lowest BCUT2D eigenvalue weighted by Gasteiger charge is -2.26. The third-order valence-electron chi connectivity index (χ3n) is 5.75. The number of anilines is 2. The van der Waals surface area contributed by atoms with E-state index in [0.29, 0.717) is 6.54 Å². The van der Waals surface area contributed by atoms with Gasteiger partial charge in [-0.15, -0.1) is 0 Å². The van der Waals surface area contributed by atoms with Crippen molar-refractivity contribution >= 4 is 23.4 Å². The number of carbonyl (C=O) groups is 2. The SMILES string of the molecule is O=C(NCCN(CCN1CCCC1)C(=O)Nc1cccc(C(F)(F)F)c1)Nc1ccc(C(F)(F)F)cc1. The molecule has 7 nitrogen and oxygen atoms in total. The van der Waals surface area contributed by atoms with Crippen LogP contribution in [0.25, 0.3) is 0 Å². The predicted molar refractivity (Wildman–Crippen MR) is 126 cm³/mol. The Bertz CT molecular complexity index is 1050. The summed E-state index contributed by atoms with van der Waals surface area (Å²) in [5.41, 5.74) is -1.60. The van der Waals surface area contributed by atoms with Crippen LogP contribution in [-0.2, 0) is 12.4 Å². The molecule has 0 aliphatic carbocycles. The Kier molecular flexibility index (Phi) is 9.24. The van der Waals surface area contributed by atoms with Gasteiger partial charge in [0.1, 0.15) is 0 Å². The molecule has 1 aliphatic heterocycles. The van der Waals surface area contributed by atoms with E-state index in [1.54, 1.807) is 0 Å². The number of halogens is 6. The van der Waals surface area contributed by atoms with Crippen molar-refractivity contribution < 1.29 is 35.9 Å². The van der Waals surface area contributed by atoms with Crippen LogP contribution in [0.5, 0.6) is 0 Å². The van der Waals surface area contributed by atoms with E-state index < -0.39 is 35.5 Å². The molecule has 0 aromatic heterocycles. The van der Waals surface area contributed by atoms with E-state index in [4.69, 9.17) is 0 Å². The van der Waals surface area contributed by atoms with Crippen LogP contribution < -0.4 is 16.0 Å². The van der Waals surface area contributed by atoms with Crippen molar-refractivity contribution in [3.05, 3.63) is 59.7 Å². The Labute approximate surface area is 209 Å². The lowest BCUT2D eigenvalue weighted by atomic mass is 10.2. The van der Waals surface area contributed by atoms with Crippen molar-refractivity contribution in [1.82, 2.24) is 15.1 Å². The van der Waals surface area contributed by atoms with Gasteiger partial charge in [-0.2, -0.15) is 26.3 Å². The summed E-state index contributed by atoms with van der Waals surface area (Å²) in [5, 5.41) is 7.41. The summed E-state index contributed by atoms with van der Waals surface area (Å²) in [7, 11) is 0. The zero-order valence-electron chi connectivity index (χ0n) is 19.8. The molecule has 0 radical (unpaired) electrons. The summed E-state index contributed by atoms with van der Waals surface area (Å²) in [4.78, 5) is 28.6. The van der Waals surface area contributed by atoms with E-state index in [2.05, 4.69) is 20.9 Å². The zero-order chi connectivity index (χ0) is 27.1. The zero-order valence-corrected chi connectivity index (χ0v) is 19.8. The first-order valence-electron chi connectivity index (χ1n) is 11.6. The van der Waals surface area contributed by atoms with Gasteiger partial charge >= 0.3 is 24.4 Å². The summed E-state index contributed by atoms with van der Waals surface area (Å²) in [6, 6.07) is 6.90. The molecule has 1 saturated heterocycles. The van der Waals surface area contributed by atoms with Crippen LogP contribution >= 0.6 is 0 Å². The van der Waals surface area contributed by atoms with Gasteiger partial charge in [0.15, 0.2) is 0 Å². The molecule has 0 saturated carbocycles. The first kappa shape index (κ1) is 28.1. The number of nitrogens with zero attached hydrogens (tertiary/aromatic N) is 2. The molecule has 3 N–H and O–H groups in total. The number of likely N-dealkylation sites (tertiary alicyclic amines) is 1. The molecule has 2 aromatic rings. The number of carbonyl (C=O) groups excluding carboxylic acids is 2. The van der Waals surface area contributed by atoms with Crippen molar-refractivity contribution in [3.8, 4) is 0 Å². The molecule has 3 rings (SSSR count). The van der Waals surface area contributed by atoms with Crippen LogP contribution in [-0.4, -0.2) is 61.1 Å². The van der Waals surface area contributed by atoms with Crippen LogP contribution in [0.2, 0.25) is 0 Å². The highest BCUT2D eigenvalue weighted by Crippen LogP contribution is 2.31. The van der Waals surface area contributed by atoms with Gasteiger partial charge in [0.25, 0.3) is 0 Å². The second-order valence-corrected chi connectivity index (χ2v) is 8.50. The number of nitrogens with one attached hydrogen (secondary N) is 3. The van der Waals surface area contributed by atoms with Gasteiger partial charge in [-0.1, -0.05) is 6.07 Å². The van der Waals surface area contributed by atoms with Crippen molar-refractivity contribution in [2.75, 3.05) is 49.9 Å². The fraction of sp³-hybridized carbons (Fsp3) is 0.417. The third-order valence-corrected chi connectivity index (χ3v) is 5.75. The van der Waals surface area contributed by atoms with E-state index in [9.17, 15) is 35.9 Å². The average Bonchev–Trinajstić information content (AvgIpc) is 3.34. The maximum absolute atomic E-state index is 13.0. The van der Waals surface area contributed by atoms with Gasteiger partial charge in [-0.25, -0.2) is 9.59 Å². The smallest absolute Gasteiger partial charge is 0.336 e. The molecule has 1 aliphatic rings. The highest BCUT2D eigenvalue weighted by atomic mass is 19.4. The van der Waals surface area contributed by atoms with Gasteiger partial charge < -0.3 is 25.8 Å². The molecule has 37 heavy (non-hydrogen) atoms. The normalized spacial score (nSPS) is 14.3. The van der Waals surface area contributed by atoms with Crippen molar-refractivity contribution in [2.24, 2.45) is 0 Å². The van der Waals surface area contributed by atoms with E-state index >= 15 is 0 Å². The maximum Gasteiger partial charge on any atom is 0.416 e. The Morgan fingerprint density at radius 2 is 1.46 bits per heavy atom. The van der Waals surface area contributed by atoms with Gasteiger partial charge in [0.2, 0.25) is 0 Å². The predicted octanol–water partition coefficient (Wildman–Crippen LogP) is 5.48. The van der Waals surface area contributed by atoms with Crippen LogP contribution in [0.4, 0.5) is 47.3 Å². The van der Waals surface area contributed by atoms with Crippen LogP contribution in [0.1, 0.15) is 24.0 Å². The molecule has 2 aromatic carbocycles. The lowest BCUT2D eigenvalue weighted by Crippen LogP contribution is -2.44. The second-order valence-electron chi connectivity index (χ2n) is 8.50. The van der Waals surface area contributed by atoms with Crippen LogP contribution in [0.3, 0.4) is 0 Å². The highest BCUT2D eigenvalue weighted by molar-refractivity contribution is 5.90. The van der Waals surface area contributed by atoms with Gasteiger partial charge in [-0.05, 0) is 68.4 Å². The minimum atomic E-state index is -4.56. The van der Waals surface area contributed by atoms with Gasteiger partial charge in [0, 0.05) is 37.6 Å². The Morgan fingerprint density at radius 1 is 0.811 bits per heavy atom. The highest BCUT2D eigenvalue weighted by Gasteiger charge is 2.31. The Morgan fingerprint density at radius 3 is 2.08 bits per heavy atom. The Balaban J connectivity index is 1.56. The number of urea groups is 2. The number of benzene rings is 2. The number of hydrogen-bond acceptors (Lipinski definition) is 3. The second kappa shape index (κ2) is 12.2. The molecular weight excluding hydrogens is 504 g/mol. The summed E-state index contributed by atoms with van der Waals surface area (Å²) in [5.74, 6) is 0. The third kappa shape index (κ3) is 8.85. The fourth-order valence-electron chi connectivity index (χ4n) is 3.78. The Hall–Kier alpha value is -3.48. The van der Waals surface area contributed by atoms with Gasteiger partial charge in [0.05, 0.1) is 11.1 Å². The molecule has 1 fully saturated rings. The molecular formula is C24H27F6N5O2. The minimum absolute atomic E-state index is 0.00246. The topological polar surface area (TPSA) is 76.7 Å². The first-order valence-corrected chi connectivity index (χ1v) is 11.6. The standard InChI is InChI=1S/C24H27F6N5O2/c25-23(26,27)17-6-8-19(9-7-17)32-21(36)31-10-13-35(15-14-34-11-1-2-12-34)22(37)33-20-5-3-4-18(16-20)24(28,29)30/h3-9,16H,1-2,10-15H2,(H,33,37)(H2,31,32,36).